The van der Waals surface area contributed by atoms with Gasteiger partial charge in [-0.25, -0.2) is 19.2 Å². The van der Waals surface area contributed by atoms with Crippen LogP contribution in [0, 0.1) is 0 Å². The first kappa shape index (κ1) is 28.1. The number of ether oxygens (including phenoxy) is 4. The van der Waals surface area contributed by atoms with Crippen molar-refractivity contribution in [3.8, 4) is 0 Å². The van der Waals surface area contributed by atoms with Crippen LogP contribution in [0.25, 0.3) is 0 Å². The van der Waals surface area contributed by atoms with Crippen LogP contribution < -0.4 is 0 Å². The Balaban J connectivity index is 2.24. The average Bonchev–Trinajstić information content (AvgIpc) is 3.31. The maximum Gasteiger partial charge on any atom is 0.489 e. The van der Waals surface area contributed by atoms with Crippen LogP contribution in [-0.2, 0) is 56.7 Å². The molecule has 2 aliphatic rings. The fourth-order valence-corrected chi connectivity index (χ4v) is 3.10. The number of carbonyl (C=O) groups is 4. The van der Waals surface area contributed by atoms with Crippen molar-refractivity contribution in [1.82, 2.24) is 0 Å². The fourth-order valence-electron chi connectivity index (χ4n) is 3.10. The molecule has 2 aliphatic heterocycles. The molecule has 0 bridgehead atoms. The van der Waals surface area contributed by atoms with Crippen LogP contribution >= 0.6 is 0 Å². The van der Waals surface area contributed by atoms with Crippen molar-refractivity contribution in [2.24, 2.45) is 0 Å². The van der Waals surface area contributed by atoms with Gasteiger partial charge in [0.15, 0.2) is 24.4 Å². The molecule has 190 valence electrons. The first-order valence-electron chi connectivity index (χ1n) is 11.2. The Morgan fingerprint density at radius 1 is 0.471 bits per heavy atom. The van der Waals surface area contributed by atoms with Crippen LogP contribution in [-0.4, -0.2) is 86.7 Å². The summed E-state index contributed by atoms with van der Waals surface area (Å²) in [5.74, 6) is -3.42. The summed E-state index contributed by atoms with van der Waals surface area (Å²) in [5.41, 5.74) is 0. The highest BCUT2D eigenvalue weighted by atomic mass is 16.7. The summed E-state index contributed by atoms with van der Waals surface area (Å²) in [4.78, 5) is 50.2. The van der Waals surface area contributed by atoms with Gasteiger partial charge in [0, 0.05) is 0 Å². The van der Waals surface area contributed by atoms with E-state index in [1.807, 2.05) is 0 Å². The molecular weight excluding hydrogens is 454 g/mol. The highest BCUT2D eigenvalue weighted by molar-refractivity contribution is 7.11. The standard InChI is InChI=1S/C20H32B2O12/c1-9(2)27-17(23)13-14(18(24)28-10(3)4)32-21(31-13)22-33-15(19(25)29-11(5)6)16(34-22)20(26)30-12(7)8/h9-16H,1-8H3/t13-,14-,15+,16?/m1/s1. The van der Waals surface area contributed by atoms with Gasteiger partial charge in [0.1, 0.15) is 0 Å². The van der Waals surface area contributed by atoms with E-state index in [0.29, 0.717) is 0 Å². The van der Waals surface area contributed by atoms with Crippen molar-refractivity contribution in [3.63, 3.8) is 0 Å². The van der Waals surface area contributed by atoms with Crippen molar-refractivity contribution in [2.75, 3.05) is 0 Å². The van der Waals surface area contributed by atoms with Crippen molar-refractivity contribution in [2.45, 2.75) is 104 Å². The molecule has 0 aromatic carbocycles. The molecule has 2 heterocycles. The molecule has 0 aromatic rings. The number of rotatable bonds is 9. The van der Waals surface area contributed by atoms with Gasteiger partial charge >= 0.3 is 37.9 Å². The van der Waals surface area contributed by atoms with Crippen molar-refractivity contribution >= 4 is 37.9 Å². The Hall–Kier alpha value is -2.15. The van der Waals surface area contributed by atoms with Gasteiger partial charge in [0.05, 0.1) is 24.4 Å². The first-order valence-corrected chi connectivity index (χ1v) is 11.2. The van der Waals surface area contributed by atoms with Crippen molar-refractivity contribution in [3.05, 3.63) is 0 Å². The van der Waals surface area contributed by atoms with E-state index in [0.717, 1.165) is 0 Å². The molecular formula is C20H32B2O12. The van der Waals surface area contributed by atoms with Gasteiger partial charge < -0.3 is 37.6 Å². The zero-order chi connectivity index (χ0) is 25.7. The number of hydrogen-bond acceptors (Lipinski definition) is 12. The molecule has 2 saturated heterocycles. The fraction of sp³-hybridized carbons (Fsp3) is 0.800. The number of hydrogen-bond donors (Lipinski definition) is 0. The third-order valence-electron chi connectivity index (χ3n) is 4.23. The molecule has 0 amide bonds. The topological polar surface area (TPSA) is 142 Å². The monoisotopic (exact) mass is 486 g/mol. The lowest BCUT2D eigenvalue weighted by Crippen LogP contribution is -2.41. The molecule has 12 nitrogen and oxygen atoms in total. The summed E-state index contributed by atoms with van der Waals surface area (Å²) in [6.07, 6.45) is -7.85. The molecule has 0 spiro atoms. The van der Waals surface area contributed by atoms with Crippen LogP contribution in [0.3, 0.4) is 0 Å². The second-order valence-electron chi connectivity index (χ2n) is 8.91. The lowest BCUT2D eigenvalue weighted by atomic mass is 9.49. The van der Waals surface area contributed by atoms with Crippen LogP contribution in [0.5, 0.6) is 0 Å². The summed E-state index contributed by atoms with van der Waals surface area (Å²) < 4.78 is 43.0. The van der Waals surface area contributed by atoms with E-state index in [2.05, 4.69) is 0 Å². The van der Waals surface area contributed by atoms with Crippen LogP contribution in [0.2, 0.25) is 0 Å². The van der Waals surface area contributed by atoms with E-state index in [1.165, 1.54) is 0 Å². The first-order chi connectivity index (χ1) is 15.8. The molecule has 2 rings (SSSR count). The molecule has 0 N–H and O–H groups in total. The van der Waals surface area contributed by atoms with Gasteiger partial charge in [0.2, 0.25) is 0 Å². The largest absolute Gasteiger partial charge is 0.489 e. The summed E-state index contributed by atoms with van der Waals surface area (Å²) in [6, 6.07) is 0. The van der Waals surface area contributed by atoms with Gasteiger partial charge in [-0.15, -0.1) is 0 Å². The van der Waals surface area contributed by atoms with Crippen molar-refractivity contribution in [1.29, 1.82) is 0 Å². The molecule has 34 heavy (non-hydrogen) atoms. The second-order valence-corrected chi connectivity index (χ2v) is 8.91. The minimum Gasteiger partial charge on any atom is -0.461 e. The third kappa shape index (κ3) is 7.42. The maximum atomic E-state index is 12.5. The summed E-state index contributed by atoms with van der Waals surface area (Å²) in [7, 11) is -2.92. The smallest absolute Gasteiger partial charge is 0.461 e. The third-order valence-corrected chi connectivity index (χ3v) is 4.23. The Bertz CT molecular complexity index is 634. The second kappa shape index (κ2) is 12.0. The van der Waals surface area contributed by atoms with E-state index in [9.17, 15) is 19.2 Å². The van der Waals surface area contributed by atoms with Gasteiger partial charge in [-0.2, -0.15) is 0 Å². The van der Waals surface area contributed by atoms with E-state index in [4.69, 9.17) is 37.6 Å². The summed E-state index contributed by atoms with van der Waals surface area (Å²) in [6.45, 7) is 13.0. The lowest BCUT2D eigenvalue weighted by Gasteiger charge is -2.18. The summed E-state index contributed by atoms with van der Waals surface area (Å²) in [5, 5.41) is 0. The number of esters is 4. The minimum absolute atomic E-state index is 0.485. The lowest BCUT2D eigenvalue weighted by molar-refractivity contribution is -0.167. The predicted molar refractivity (Wildman–Crippen MR) is 116 cm³/mol. The van der Waals surface area contributed by atoms with E-state index < -0.39 is 86.7 Å². The number of carbonyl (C=O) groups excluding carboxylic acids is 4. The Labute approximate surface area is 199 Å². The van der Waals surface area contributed by atoms with Gasteiger partial charge in [-0.05, 0) is 55.4 Å². The van der Waals surface area contributed by atoms with Gasteiger partial charge in [-0.3, -0.25) is 0 Å². The molecule has 0 saturated carbocycles. The summed E-state index contributed by atoms with van der Waals surface area (Å²) >= 11 is 0. The predicted octanol–water partition coefficient (Wildman–Crippen LogP) is 0.416. The van der Waals surface area contributed by atoms with Crippen LogP contribution in [0.4, 0.5) is 0 Å². The van der Waals surface area contributed by atoms with Crippen molar-refractivity contribution < 1.29 is 56.7 Å². The average molecular weight is 486 g/mol. The Morgan fingerprint density at radius 2 is 0.647 bits per heavy atom. The van der Waals surface area contributed by atoms with E-state index >= 15 is 0 Å². The highest BCUT2D eigenvalue weighted by Gasteiger charge is 2.62. The highest BCUT2D eigenvalue weighted by Crippen LogP contribution is 2.28. The normalized spacial score (nSPS) is 24.8. The zero-order valence-corrected chi connectivity index (χ0v) is 20.7. The minimum atomic E-state index is -1.48. The zero-order valence-electron chi connectivity index (χ0n) is 20.7. The Kier molecular flexibility index (Phi) is 9.92. The van der Waals surface area contributed by atoms with Gasteiger partial charge in [-0.1, -0.05) is 0 Å². The van der Waals surface area contributed by atoms with E-state index in [-0.39, 0.29) is 0 Å². The molecule has 14 heteroatoms. The maximum absolute atomic E-state index is 12.5. The molecule has 0 aliphatic carbocycles. The molecule has 0 aromatic heterocycles. The van der Waals surface area contributed by atoms with E-state index in [1.54, 1.807) is 55.4 Å². The van der Waals surface area contributed by atoms with Gasteiger partial charge in [0.25, 0.3) is 0 Å². The van der Waals surface area contributed by atoms with Crippen LogP contribution in [0.1, 0.15) is 55.4 Å². The van der Waals surface area contributed by atoms with Crippen LogP contribution in [0.15, 0.2) is 0 Å². The SMILES string of the molecule is CC(C)OC(=O)C1OB(B2O[C@@H](C(=O)OC(C)C)[C@H](C(=O)OC(C)C)O2)O[C@@H]1C(=O)OC(C)C. The Morgan fingerprint density at radius 3 is 0.794 bits per heavy atom. The molecule has 0 radical (unpaired) electrons. The quantitative estimate of drug-likeness (QED) is 0.253. The molecule has 1 unspecified atom stereocenters. The molecule has 4 atom stereocenters. The molecule has 2 fully saturated rings.